The molecule has 5 rings (SSSR count). The molecule has 1 aliphatic heterocycles. The van der Waals surface area contributed by atoms with Crippen LogP contribution < -0.4 is 16.0 Å². The molecule has 2 aromatic carbocycles. The van der Waals surface area contributed by atoms with Crippen LogP contribution in [0, 0.1) is 5.82 Å². The summed E-state index contributed by atoms with van der Waals surface area (Å²) in [6, 6.07) is 9.71. The van der Waals surface area contributed by atoms with E-state index in [1.165, 1.54) is 10.6 Å². The molecule has 178 valence electrons. The Hall–Kier alpha value is -3.64. The summed E-state index contributed by atoms with van der Waals surface area (Å²) in [4.78, 5) is 43.1. The van der Waals surface area contributed by atoms with Crippen molar-refractivity contribution in [1.29, 1.82) is 0 Å². The summed E-state index contributed by atoms with van der Waals surface area (Å²) in [7, 11) is 16.5. The highest BCUT2D eigenvalue weighted by Crippen LogP contribution is 2.36. The summed E-state index contributed by atoms with van der Waals surface area (Å²) in [6.45, 7) is -0.350. The first-order valence-corrected chi connectivity index (χ1v) is 11.9. The molecule has 37 heavy (non-hydrogen) atoms. The molecule has 1 unspecified atom stereocenters. The fraction of sp³-hybridized carbons (Fsp3) is 0.136. The maximum atomic E-state index is 14.2. The van der Waals surface area contributed by atoms with E-state index in [0.717, 1.165) is 28.4 Å². The van der Waals surface area contributed by atoms with Crippen molar-refractivity contribution in [2.24, 2.45) is 0 Å². The molecule has 0 bridgehead atoms. The first kappa shape index (κ1) is 25.0. The fourth-order valence-corrected chi connectivity index (χ4v) is 5.03. The normalized spacial score (nSPS) is 15.2. The number of carbonyl (C=O) groups excluding carboxylic acids is 3. The highest BCUT2D eigenvalue weighted by molar-refractivity contribution is 7.13. The van der Waals surface area contributed by atoms with E-state index < -0.39 is 34.8 Å². The molecule has 1 aliphatic rings. The minimum atomic E-state index is -2.09. The molecule has 4 aromatic rings. The second-order valence-corrected chi connectivity index (χ2v) is 9.50. The van der Waals surface area contributed by atoms with E-state index >= 15 is 0 Å². The molecule has 1 atom stereocenters. The number of rotatable bonds is 5. The number of carbonyl (C=O) groups is 3. The minimum absolute atomic E-state index is 0.0887. The number of aromatic nitrogens is 3. The summed E-state index contributed by atoms with van der Waals surface area (Å²) < 4.78 is 20.4. The van der Waals surface area contributed by atoms with Crippen molar-refractivity contribution in [3.8, 4) is 0 Å². The van der Waals surface area contributed by atoms with Crippen LogP contribution in [0.5, 0.6) is 0 Å². The van der Waals surface area contributed by atoms with Crippen LogP contribution >= 0.6 is 23.1 Å². The zero-order valence-corrected chi connectivity index (χ0v) is 20.4. The van der Waals surface area contributed by atoms with Crippen LogP contribution in [0.3, 0.4) is 0 Å². The van der Waals surface area contributed by atoms with Gasteiger partial charge in [-0.1, -0.05) is 35.0 Å². The number of amides is 3. The van der Waals surface area contributed by atoms with Crippen molar-refractivity contribution in [1.82, 2.24) is 24.6 Å². The van der Waals surface area contributed by atoms with Gasteiger partial charge in [-0.15, -0.1) is 0 Å². The Kier molecular flexibility index (Phi) is 6.32. The SMILES string of the molecule is [B]C([B])([B])NC(=O)c1nc(NC(=O)c2nsc3ccccc23)c2n1CC(=O)NC2c1cc(F)ccc1Cl. The Bertz CT molecular complexity index is 1590. The third-order valence-corrected chi connectivity index (χ3v) is 6.68. The molecule has 15 heteroatoms. The van der Waals surface area contributed by atoms with Crippen LogP contribution in [0.2, 0.25) is 5.02 Å². The third kappa shape index (κ3) is 4.86. The average Bonchev–Trinajstić information content (AvgIpc) is 3.41. The van der Waals surface area contributed by atoms with E-state index in [-0.39, 0.29) is 40.2 Å². The van der Waals surface area contributed by atoms with Crippen molar-refractivity contribution < 1.29 is 18.8 Å². The zero-order valence-electron chi connectivity index (χ0n) is 18.8. The van der Waals surface area contributed by atoms with Crippen LogP contribution in [0.1, 0.15) is 38.4 Å². The first-order chi connectivity index (χ1) is 17.5. The molecular weight excluding hydrogens is 515 g/mol. The van der Waals surface area contributed by atoms with Crippen molar-refractivity contribution in [2.75, 3.05) is 5.32 Å². The number of nitrogens with one attached hydrogen (secondary N) is 3. The summed E-state index contributed by atoms with van der Waals surface area (Å²) >= 11 is 7.47. The quantitative estimate of drug-likeness (QED) is 0.341. The van der Waals surface area contributed by atoms with E-state index in [0.29, 0.717) is 5.39 Å². The molecule has 9 nitrogen and oxygen atoms in total. The first-order valence-electron chi connectivity index (χ1n) is 10.7. The predicted octanol–water partition coefficient (Wildman–Crippen LogP) is 1.60. The number of hydrogen-bond donors (Lipinski definition) is 3. The Morgan fingerprint density at radius 3 is 2.70 bits per heavy atom. The smallest absolute Gasteiger partial charge is 0.285 e. The molecule has 3 N–H and O–H groups in total. The third-order valence-electron chi connectivity index (χ3n) is 5.51. The van der Waals surface area contributed by atoms with E-state index in [1.807, 2.05) is 12.1 Å². The van der Waals surface area contributed by atoms with Crippen LogP contribution in [0.25, 0.3) is 10.1 Å². The van der Waals surface area contributed by atoms with Crippen molar-refractivity contribution in [2.45, 2.75) is 17.8 Å². The van der Waals surface area contributed by atoms with Gasteiger partial charge < -0.3 is 20.5 Å². The molecule has 0 saturated carbocycles. The summed E-state index contributed by atoms with van der Waals surface area (Å²) in [5.41, 5.74) is 0.489. The van der Waals surface area contributed by atoms with Gasteiger partial charge in [-0.2, -0.15) is 4.37 Å². The standard InChI is InChI=1S/C22H13B3ClFN6O3S/c23-22(24,25)31-21(36)19-29-18(30-20(35)16-10-3-1-2-4-13(10)37-32-16)17-15(28-14(34)8-33(17)19)11-7-9(27)5-6-12(11)26/h1-7,15H,8H2,(H,28,34)(H,30,35)(H,31,36). The molecule has 3 amide bonds. The van der Waals surface area contributed by atoms with Gasteiger partial charge >= 0.3 is 0 Å². The van der Waals surface area contributed by atoms with E-state index in [9.17, 15) is 18.8 Å². The molecule has 0 spiro atoms. The highest BCUT2D eigenvalue weighted by Gasteiger charge is 2.36. The van der Waals surface area contributed by atoms with Gasteiger partial charge in [0.15, 0.2) is 5.82 Å². The topological polar surface area (TPSA) is 118 Å². The van der Waals surface area contributed by atoms with Gasteiger partial charge in [-0.25, -0.2) is 9.37 Å². The van der Waals surface area contributed by atoms with Crippen LogP contribution in [0.4, 0.5) is 10.2 Å². The number of anilines is 1. The molecule has 0 saturated heterocycles. The maximum absolute atomic E-state index is 14.2. The molecular formula is C22H13B3ClFN6O3S. The molecule has 0 aliphatic carbocycles. The maximum Gasteiger partial charge on any atom is 0.285 e. The Labute approximate surface area is 222 Å². The van der Waals surface area contributed by atoms with Crippen LogP contribution in [-0.4, -0.2) is 60.4 Å². The van der Waals surface area contributed by atoms with Gasteiger partial charge in [-0.3, -0.25) is 14.4 Å². The van der Waals surface area contributed by atoms with Gasteiger partial charge in [0.25, 0.3) is 11.8 Å². The largest absolute Gasteiger partial charge is 0.369 e. The van der Waals surface area contributed by atoms with E-state index in [2.05, 4.69) is 25.3 Å². The van der Waals surface area contributed by atoms with Gasteiger partial charge in [0, 0.05) is 16.0 Å². The predicted molar refractivity (Wildman–Crippen MR) is 139 cm³/mol. The number of nitrogens with zero attached hydrogens (tertiary/aromatic N) is 3. The van der Waals surface area contributed by atoms with Crippen molar-refractivity contribution in [3.63, 3.8) is 0 Å². The number of benzene rings is 2. The number of imidazole rings is 1. The number of fused-ring (bicyclic) bond motifs is 2. The summed E-state index contributed by atoms with van der Waals surface area (Å²) in [6.07, 6.45) is 0. The molecule has 6 radical (unpaired) electrons. The lowest BCUT2D eigenvalue weighted by molar-refractivity contribution is -0.123. The van der Waals surface area contributed by atoms with E-state index in [4.69, 9.17) is 35.1 Å². The Balaban J connectivity index is 1.64. The van der Waals surface area contributed by atoms with Gasteiger partial charge in [-0.05, 0) is 35.8 Å². The average molecular weight is 528 g/mol. The number of hydrogen-bond acceptors (Lipinski definition) is 6. The van der Waals surface area contributed by atoms with Gasteiger partial charge in [0.2, 0.25) is 11.7 Å². The fourth-order valence-electron chi connectivity index (χ4n) is 4.03. The Morgan fingerprint density at radius 1 is 1.19 bits per heavy atom. The summed E-state index contributed by atoms with van der Waals surface area (Å²) in [5, 5.41) is 6.21. The van der Waals surface area contributed by atoms with Gasteiger partial charge in [0.05, 0.1) is 40.0 Å². The highest BCUT2D eigenvalue weighted by atomic mass is 35.5. The second kappa shape index (κ2) is 9.35. The monoisotopic (exact) mass is 528 g/mol. The molecule has 3 heterocycles. The lowest BCUT2D eigenvalue weighted by Crippen LogP contribution is -2.51. The van der Waals surface area contributed by atoms with Crippen molar-refractivity contribution in [3.05, 3.63) is 76.1 Å². The second-order valence-electron chi connectivity index (χ2n) is 8.29. The molecule has 2 aromatic heterocycles. The van der Waals surface area contributed by atoms with Crippen molar-refractivity contribution >= 4 is 80.3 Å². The number of halogens is 2. The molecule has 0 fully saturated rings. The Morgan fingerprint density at radius 2 is 1.95 bits per heavy atom. The zero-order chi connectivity index (χ0) is 26.5. The summed E-state index contributed by atoms with van der Waals surface area (Å²) in [5.74, 6) is -3.06. The van der Waals surface area contributed by atoms with Crippen LogP contribution in [-0.2, 0) is 11.3 Å². The lowest BCUT2D eigenvalue weighted by atomic mass is 9.49. The van der Waals surface area contributed by atoms with Crippen LogP contribution in [0.15, 0.2) is 42.5 Å². The minimum Gasteiger partial charge on any atom is -0.369 e. The lowest BCUT2D eigenvalue weighted by Gasteiger charge is -2.28. The van der Waals surface area contributed by atoms with E-state index in [1.54, 1.807) is 12.1 Å². The van der Waals surface area contributed by atoms with Gasteiger partial charge in [0.1, 0.15) is 18.1 Å².